The lowest BCUT2D eigenvalue weighted by atomic mass is 10.0. The molecule has 1 aliphatic heterocycles. The van der Waals surface area contributed by atoms with E-state index in [4.69, 9.17) is 4.74 Å². The van der Waals surface area contributed by atoms with E-state index in [9.17, 15) is 4.79 Å². The number of carbonyl (C=O) groups excluding carboxylic acids is 1. The van der Waals surface area contributed by atoms with Crippen molar-refractivity contribution >= 4 is 5.91 Å². The van der Waals surface area contributed by atoms with Gasteiger partial charge in [-0.15, -0.1) is 0 Å². The Bertz CT molecular complexity index is 141. The Balaban J connectivity index is 2.09. The zero-order chi connectivity index (χ0) is 8.81. The molecule has 12 heavy (non-hydrogen) atoms. The van der Waals surface area contributed by atoms with Gasteiger partial charge in [-0.3, -0.25) is 4.79 Å². The second-order valence-electron chi connectivity index (χ2n) is 3.11. The van der Waals surface area contributed by atoms with Crippen molar-refractivity contribution in [2.24, 2.45) is 5.92 Å². The lowest BCUT2D eigenvalue weighted by molar-refractivity contribution is -0.120. The van der Waals surface area contributed by atoms with E-state index >= 15 is 0 Å². The van der Waals surface area contributed by atoms with Crippen molar-refractivity contribution in [3.8, 4) is 0 Å². The standard InChI is InChI=1S/C9H16NO2/c1-2-9(11)10-7-8-3-5-12-6-4-8/h8H,1-7H2,(H,10,11). The number of carbonyl (C=O) groups is 1. The van der Waals surface area contributed by atoms with Crippen LogP contribution in [-0.4, -0.2) is 25.7 Å². The summed E-state index contributed by atoms with van der Waals surface area (Å²) >= 11 is 0. The van der Waals surface area contributed by atoms with Crippen LogP contribution in [0.1, 0.15) is 19.3 Å². The van der Waals surface area contributed by atoms with Gasteiger partial charge in [-0.25, -0.2) is 0 Å². The summed E-state index contributed by atoms with van der Waals surface area (Å²) in [6.07, 6.45) is 2.47. The van der Waals surface area contributed by atoms with E-state index in [0.717, 1.165) is 32.6 Å². The normalized spacial score (nSPS) is 19.1. The van der Waals surface area contributed by atoms with E-state index in [1.807, 2.05) is 0 Å². The highest BCUT2D eigenvalue weighted by atomic mass is 16.5. The first-order valence-corrected chi connectivity index (χ1v) is 4.46. The molecule has 0 aromatic heterocycles. The molecule has 1 fully saturated rings. The van der Waals surface area contributed by atoms with Crippen LogP contribution < -0.4 is 5.32 Å². The third-order valence-electron chi connectivity index (χ3n) is 2.16. The van der Waals surface area contributed by atoms with Crippen LogP contribution in [0.15, 0.2) is 0 Å². The summed E-state index contributed by atoms with van der Waals surface area (Å²) in [7, 11) is 0. The fourth-order valence-electron chi connectivity index (χ4n) is 1.30. The largest absolute Gasteiger partial charge is 0.381 e. The molecule has 1 amide bonds. The zero-order valence-electron chi connectivity index (χ0n) is 7.34. The molecule has 0 atom stereocenters. The summed E-state index contributed by atoms with van der Waals surface area (Å²) in [5, 5.41) is 2.85. The van der Waals surface area contributed by atoms with Crippen LogP contribution in [0.2, 0.25) is 0 Å². The van der Waals surface area contributed by atoms with Gasteiger partial charge in [0.05, 0.1) is 0 Å². The molecule has 0 unspecified atom stereocenters. The van der Waals surface area contributed by atoms with Crippen molar-refractivity contribution in [2.45, 2.75) is 19.3 Å². The molecule has 0 aliphatic carbocycles. The summed E-state index contributed by atoms with van der Waals surface area (Å²) in [4.78, 5) is 10.8. The molecule has 0 saturated carbocycles. The molecule has 0 bridgehead atoms. The minimum Gasteiger partial charge on any atom is -0.381 e. The van der Waals surface area contributed by atoms with Gasteiger partial charge < -0.3 is 10.1 Å². The highest BCUT2D eigenvalue weighted by Crippen LogP contribution is 2.12. The molecule has 0 spiro atoms. The molecular formula is C9H16NO2. The first-order valence-electron chi connectivity index (χ1n) is 4.46. The smallest absolute Gasteiger partial charge is 0.220 e. The van der Waals surface area contributed by atoms with E-state index < -0.39 is 0 Å². The van der Waals surface area contributed by atoms with Crippen molar-refractivity contribution in [2.75, 3.05) is 19.8 Å². The predicted molar refractivity (Wildman–Crippen MR) is 46.5 cm³/mol. The third kappa shape index (κ3) is 3.22. The molecule has 69 valence electrons. The molecule has 0 aromatic carbocycles. The van der Waals surface area contributed by atoms with E-state index in [2.05, 4.69) is 12.2 Å². The second-order valence-corrected chi connectivity index (χ2v) is 3.11. The Morgan fingerprint density at radius 1 is 1.50 bits per heavy atom. The first-order chi connectivity index (χ1) is 5.83. The number of hydrogen-bond acceptors (Lipinski definition) is 2. The van der Waals surface area contributed by atoms with Crippen molar-refractivity contribution in [3.05, 3.63) is 6.92 Å². The van der Waals surface area contributed by atoms with E-state index in [1.165, 1.54) is 0 Å². The highest BCUT2D eigenvalue weighted by Gasteiger charge is 2.13. The predicted octanol–water partition coefficient (Wildman–Crippen LogP) is 0.753. The maximum absolute atomic E-state index is 10.8. The van der Waals surface area contributed by atoms with Crippen LogP contribution in [0.5, 0.6) is 0 Å². The number of rotatable bonds is 3. The van der Waals surface area contributed by atoms with Crippen LogP contribution in [0, 0.1) is 12.8 Å². The van der Waals surface area contributed by atoms with Crippen LogP contribution in [-0.2, 0) is 9.53 Å². The second kappa shape index (κ2) is 5.14. The maximum atomic E-state index is 10.8. The molecule has 0 aromatic rings. The number of nitrogens with one attached hydrogen (secondary N) is 1. The molecule has 1 radical (unpaired) electrons. The highest BCUT2D eigenvalue weighted by molar-refractivity contribution is 5.76. The van der Waals surface area contributed by atoms with Gasteiger partial charge in [-0.1, -0.05) is 0 Å². The zero-order valence-corrected chi connectivity index (χ0v) is 7.34. The molecule has 1 aliphatic rings. The summed E-state index contributed by atoms with van der Waals surface area (Å²) in [5.74, 6) is 0.649. The lowest BCUT2D eigenvalue weighted by Crippen LogP contribution is -2.31. The van der Waals surface area contributed by atoms with Crippen molar-refractivity contribution < 1.29 is 9.53 Å². The van der Waals surface area contributed by atoms with Gasteiger partial charge in [0, 0.05) is 26.2 Å². The Kier molecular flexibility index (Phi) is 4.08. The molecule has 1 N–H and O–H groups in total. The third-order valence-corrected chi connectivity index (χ3v) is 2.16. The van der Waals surface area contributed by atoms with E-state index in [1.54, 1.807) is 0 Å². The van der Waals surface area contributed by atoms with Gasteiger partial charge >= 0.3 is 0 Å². The summed E-state index contributed by atoms with van der Waals surface area (Å²) in [6.45, 7) is 5.98. The Labute approximate surface area is 73.5 Å². The average molecular weight is 170 g/mol. The van der Waals surface area contributed by atoms with Crippen molar-refractivity contribution in [1.29, 1.82) is 0 Å². The monoisotopic (exact) mass is 170 g/mol. The van der Waals surface area contributed by atoms with Gasteiger partial charge in [0.15, 0.2) is 0 Å². The Hall–Kier alpha value is -0.570. The Morgan fingerprint density at radius 3 is 2.75 bits per heavy atom. The van der Waals surface area contributed by atoms with E-state index in [-0.39, 0.29) is 5.91 Å². The lowest BCUT2D eigenvalue weighted by Gasteiger charge is -2.21. The van der Waals surface area contributed by atoms with Crippen molar-refractivity contribution in [1.82, 2.24) is 5.32 Å². The van der Waals surface area contributed by atoms with Gasteiger partial charge in [0.2, 0.25) is 5.91 Å². The molecule has 3 heteroatoms. The minimum absolute atomic E-state index is 0.0430. The summed E-state index contributed by atoms with van der Waals surface area (Å²) in [5.41, 5.74) is 0. The van der Waals surface area contributed by atoms with Crippen LogP contribution in [0.4, 0.5) is 0 Å². The van der Waals surface area contributed by atoms with E-state index in [0.29, 0.717) is 12.3 Å². The maximum Gasteiger partial charge on any atom is 0.220 e. The van der Waals surface area contributed by atoms with Gasteiger partial charge in [-0.05, 0) is 25.7 Å². The number of hydrogen-bond donors (Lipinski definition) is 1. The van der Waals surface area contributed by atoms with Crippen molar-refractivity contribution in [3.63, 3.8) is 0 Å². The summed E-state index contributed by atoms with van der Waals surface area (Å²) in [6, 6.07) is 0. The fraction of sp³-hybridized carbons (Fsp3) is 0.778. The molecule has 1 heterocycles. The SMILES string of the molecule is [CH2]CC(=O)NCC1CCOCC1. The minimum atomic E-state index is 0.0430. The van der Waals surface area contributed by atoms with Gasteiger partial charge in [0.25, 0.3) is 0 Å². The molecule has 3 nitrogen and oxygen atoms in total. The molecular weight excluding hydrogens is 154 g/mol. The average Bonchev–Trinajstić information content (AvgIpc) is 2.16. The Morgan fingerprint density at radius 2 is 2.17 bits per heavy atom. The number of amides is 1. The first kappa shape index (κ1) is 9.52. The molecule has 1 saturated heterocycles. The summed E-state index contributed by atoms with van der Waals surface area (Å²) < 4.78 is 5.21. The number of ether oxygens (including phenoxy) is 1. The van der Waals surface area contributed by atoms with Crippen LogP contribution >= 0.6 is 0 Å². The van der Waals surface area contributed by atoms with Gasteiger partial charge in [-0.2, -0.15) is 0 Å². The van der Waals surface area contributed by atoms with Gasteiger partial charge in [0.1, 0.15) is 0 Å². The van der Waals surface area contributed by atoms with Crippen LogP contribution in [0.3, 0.4) is 0 Å². The van der Waals surface area contributed by atoms with Crippen LogP contribution in [0.25, 0.3) is 0 Å². The quantitative estimate of drug-likeness (QED) is 0.679. The topological polar surface area (TPSA) is 38.3 Å². The molecule has 1 rings (SSSR count). The fourth-order valence-corrected chi connectivity index (χ4v) is 1.30.